The molecule has 0 aromatic heterocycles. The zero-order chi connectivity index (χ0) is 12.3. The summed E-state index contributed by atoms with van der Waals surface area (Å²) < 4.78 is 0. The van der Waals surface area contributed by atoms with Crippen molar-refractivity contribution < 1.29 is 4.79 Å². The first-order valence-electron chi connectivity index (χ1n) is 5.84. The second-order valence-electron chi connectivity index (χ2n) is 3.62. The summed E-state index contributed by atoms with van der Waals surface area (Å²) in [5.41, 5.74) is 0.990. The van der Waals surface area contributed by atoms with Crippen molar-refractivity contribution in [1.29, 1.82) is 0 Å². The maximum absolute atomic E-state index is 11.2. The molecule has 0 unspecified atom stereocenters. The van der Waals surface area contributed by atoms with Crippen LogP contribution in [0.15, 0.2) is 30.3 Å². The van der Waals surface area contributed by atoms with Crippen LogP contribution in [-0.4, -0.2) is 25.5 Å². The van der Waals surface area contributed by atoms with Crippen LogP contribution in [0.1, 0.15) is 18.9 Å². The van der Waals surface area contributed by atoms with Gasteiger partial charge in [-0.1, -0.05) is 37.0 Å². The molecule has 1 rings (SSSR count). The molecule has 0 saturated heterocycles. The van der Waals surface area contributed by atoms with Crippen LogP contribution < -0.4 is 10.6 Å². The molecule has 0 heterocycles. The molecule has 1 aromatic carbocycles. The van der Waals surface area contributed by atoms with Crippen molar-refractivity contribution in [3.63, 3.8) is 0 Å². The molecule has 0 radical (unpaired) electrons. The molecule has 90 valence electrons. The highest BCUT2D eigenvalue weighted by Crippen LogP contribution is 1.93. The van der Waals surface area contributed by atoms with Crippen molar-refractivity contribution in [1.82, 2.24) is 10.6 Å². The fraction of sp³-hybridized carbons (Fsp3) is 0.357. The number of rotatable bonds is 5. The predicted molar refractivity (Wildman–Crippen MR) is 69.5 cm³/mol. The summed E-state index contributed by atoms with van der Waals surface area (Å²) in [4.78, 5) is 11.2. The Balaban J connectivity index is 2.16. The fourth-order valence-corrected chi connectivity index (χ4v) is 1.23. The number of nitrogens with one attached hydrogen (secondary N) is 2. The van der Waals surface area contributed by atoms with Gasteiger partial charge in [0, 0.05) is 12.1 Å². The highest BCUT2D eigenvalue weighted by molar-refractivity contribution is 5.77. The Morgan fingerprint density at radius 2 is 2.06 bits per heavy atom. The molecule has 3 heteroatoms. The molecule has 0 spiro atoms. The summed E-state index contributed by atoms with van der Waals surface area (Å²) in [6.07, 6.45) is 0.958. The van der Waals surface area contributed by atoms with Gasteiger partial charge in [0.1, 0.15) is 0 Å². The topological polar surface area (TPSA) is 41.1 Å². The predicted octanol–water partition coefficient (Wildman–Crippen LogP) is 1.15. The van der Waals surface area contributed by atoms with E-state index in [1.54, 1.807) is 0 Å². The van der Waals surface area contributed by atoms with Gasteiger partial charge in [-0.25, -0.2) is 0 Å². The molecular formula is C14H18N2O. The van der Waals surface area contributed by atoms with Crippen molar-refractivity contribution in [2.45, 2.75) is 13.3 Å². The third-order valence-electron chi connectivity index (χ3n) is 2.08. The normalized spacial score (nSPS) is 9.24. The van der Waals surface area contributed by atoms with Gasteiger partial charge in [0.2, 0.25) is 5.91 Å². The number of benzene rings is 1. The van der Waals surface area contributed by atoms with Crippen LogP contribution in [0.5, 0.6) is 0 Å². The molecule has 0 saturated carbocycles. The molecule has 2 N–H and O–H groups in total. The van der Waals surface area contributed by atoms with Gasteiger partial charge in [0.05, 0.1) is 13.1 Å². The molecule has 0 aliphatic rings. The summed E-state index contributed by atoms with van der Waals surface area (Å²) >= 11 is 0. The van der Waals surface area contributed by atoms with E-state index in [2.05, 4.69) is 22.5 Å². The van der Waals surface area contributed by atoms with E-state index in [4.69, 9.17) is 0 Å². The monoisotopic (exact) mass is 230 g/mol. The van der Waals surface area contributed by atoms with E-state index in [0.29, 0.717) is 13.1 Å². The lowest BCUT2D eigenvalue weighted by Gasteiger charge is -2.02. The van der Waals surface area contributed by atoms with Crippen LogP contribution in [-0.2, 0) is 4.79 Å². The molecule has 0 bridgehead atoms. The summed E-state index contributed by atoms with van der Waals surface area (Å²) in [6.45, 7) is 3.60. The van der Waals surface area contributed by atoms with Gasteiger partial charge in [-0.3, -0.25) is 10.1 Å². The van der Waals surface area contributed by atoms with E-state index in [1.807, 2.05) is 37.3 Å². The third kappa shape index (κ3) is 6.39. The lowest BCUT2D eigenvalue weighted by Crippen LogP contribution is -2.34. The Bertz CT molecular complexity index is 390. The number of carbonyl (C=O) groups is 1. The Morgan fingerprint density at radius 1 is 1.29 bits per heavy atom. The molecule has 1 aromatic rings. The minimum Gasteiger partial charge on any atom is -0.355 e. The van der Waals surface area contributed by atoms with Gasteiger partial charge in [-0.15, -0.1) is 0 Å². The quantitative estimate of drug-likeness (QED) is 0.588. The minimum atomic E-state index is 0.0216. The summed E-state index contributed by atoms with van der Waals surface area (Å²) in [5.74, 6) is 6.01. The highest BCUT2D eigenvalue weighted by atomic mass is 16.1. The largest absolute Gasteiger partial charge is 0.355 e. The third-order valence-corrected chi connectivity index (χ3v) is 2.08. The van der Waals surface area contributed by atoms with Crippen LogP contribution >= 0.6 is 0 Å². The molecular weight excluding hydrogens is 212 g/mol. The van der Waals surface area contributed by atoms with E-state index in [1.165, 1.54) is 0 Å². The first-order chi connectivity index (χ1) is 8.33. The first-order valence-corrected chi connectivity index (χ1v) is 5.84. The van der Waals surface area contributed by atoms with Gasteiger partial charge < -0.3 is 5.32 Å². The van der Waals surface area contributed by atoms with E-state index in [0.717, 1.165) is 18.5 Å². The lowest BCUT2D eigenvalue weighted by molar-refractivity contribution is -0.120. The Morgan fingerprint density at radius 3 is 2.76 bits per heavy atom. The average Bonchev–Trinajstić information content (AvgIpc) is 2.37. The van der Waals surface area contributed by atoms with Crippen molar-refractivity contribution in [3.8, 4) is 11.8 Å². The Kier molecular flexibility index (Phi) is 6.54. The van der Waals surface area contributed by atoms with E-state index < -0.39 is 0 Å². The molecule has 0 fully saturated rings. The van der Waals surface area contributed by atoms with Gasteiger partial charge in [-0.05, 0) is 18.6 Å². The van der Waals surface area contributed by atoms with Crippen LogP contribution in [0, 0.1) is 11.8 Å². The Labute approximate surface area is 103 Å². The van der Waals surface area contributed by atoms with E-state index in [-0.39, 0.29) is 5.91 Å². The van der Waals surface area contributed by atoms with Gasteiger partial charge in [0.15, 0.2) is 0 Å². The van der Waals surface area contributed by atoms with Crippen LogP contribution in [0.3, 0.4) is 0 Å². The number of amides is 1. The van der Waals surface area contributed by atoms with E-state index in [9.17, 15) is 4.79 Å². The smallest absolute Gasteiger partial charge is 0.233 e. The average molecular weight is 230 g/mol. The maximum Gasteiger partial charge on any atom is 0.233 e. The summed E-state index contributed by atoms with van der Waals surface area (Å²) in [5, 5.41) is 5.77. The van der Waals surface area contributed by atoms with Crippen LogP contribution in [0.2, 0.25) is 0 Å². The van der Waals surface area contributed by atoms with E-state index >= 15 is 0 Å². The molecule has 0 atom stereocenters. The minimum absolute atomic E-state index is 0.0216. The van der Waals surface area contributed by atoms with Gasteiger partial charge in [0.25, 0.3) is 0 Å². The summed E-state index contributed by atoms with van der Waals surface area (Å²) in [6, 6.07) is 9.79. The molecule has 0 aliphatic carbocycles. The first kappa shape index (κ1) is 13.3. The van der Waals surface area contributed by atoms with Crippen molar-refractivity contribution in [2.75, 3.05) is 19.6 Å². The fourth-order valence-electron chi connectivity index (χ4n) is 1.23. The van der Waals surface area contributed by atoms with Crippen molar-refractivity contribution in [3.05, 3.63) is 35.9 Å². The zero-order valence-corrected chi connectivity index (χ0v) is 10.1. The van der Waals surface area contributed by atoms with Gasteiger partial charge in [-0.2, -0.15) is 0 Å². The zero-order valence-electron chi connectivity index (χ0n) is 10.1. The number of carbonyl (C=O) groups excluding carboxylic acids is 1. The molecule has 0 aliphatic heterocycles. The molecule has 3 nitrogen and oxygen atoms in total. The second-order valence-corrected chi connectivity index (χ2v) is 3.62. The second kappa shape index (κ2) is 8.37. The molecule has 17 heavy (non-hydrogen) atoms. The highest BCUT2D eigenvalue weighted by Gasteiger charge is 1.96. The van der Waals surface area contributed by atoms with Gasteiger partial charge >= 0.3 is 0 Å². The summed E-state index contributed by atoms with van der Waals surface area (Å²) in [7, 11) is 0. The van der Waals surface area contributed by atoms with Crippen molar-refractivity contribution in [2.24, 2.45) is 0 Å². The number of hydrogen-bond donors (Lipinski definition) is 2. The Hall–Kier alpha value is -1.79. The SMILES string of the molecule is CCCNC(=O)CNCC#Cc1ccccc1. The molecule has 1 amide bonds. The van der Waals surface area contributed by atoms with Crippen LogP contribution in [0.25, 0.3) is 0 Å². The van der Waals surface area contributed by atoms with Crippen LogP contribution in [0.4, 0.5) is 0 Å². The lowest BCUT2D eigenvalue weighted by atomic mass is 10.2. The van der Waals surface area contributed by atoms with Crippen molar-refractivity contribution >= 4 is 5.91 Å². The number of hydrogen-bond acceptors (Lipinski definition) is 2. The standard InChI is InChI=1S/C14H18N2O/c1-2-10-16-14(17)12-15-11-6-9-13-7-4-3-5-8-13/h3-5,7-8,15H,2,10-12H2,1H3,(H,16,17). The maximum atomic E-state index is 11.2.